The van der Waals surface area contributed by atoms with Crippen LogP contribution in [0.3, 0.4) is 0 Å². The van der Waals surface area contributed by atoms with Gasteiger partial charge in [0.1, 0.15) is 11.8 Å². The predicted molar refractivity (Wildman–Crippen MR) is 63.9 cm³/mol. The zero-order valence-corrected chi connectivity index (χ0v) is 9.94. The number of hydrogen-bond donors (Lipinski definition) is 1. The number of benzene rings is 1. The van der Waals surface area contributed by atoms with Crippen LogP contribution in [0.5, 0.6) is 5.75 Å². The van der Waals surface area contributed by atoms with Gasteiger partial charge in [-0.1, -0.05) is 0 Å². The fraction of sp³-hybridized carbons (Fsp3) is 0.231. The molecule has 1 rings (SSSR count). The summed E-state index contributed by atoms with van der Waals surface area (Å²) in [5.74, 6) is -0.381. The van der Waals surface area contributed by atoms with Crippen molar-refractivity contribution in [2.75, 3.05) is 7.11 Å². The van der Waals surface area contributed by atoms with Crippen LogP contribution in [-0.2, 0) is 4.79 Å². The summed E-state index contributed by atoms with van der Waals surface area (Å²) in [6, 6.07) is 3.81. The SMILES string of the molecule is COc1c(C)cc(C=CC(=O)O)c(C#N)c1C. The van der Waals surface area contributed by atoms with Crippen LogP contribution in [0.4, 0.5) is 0 Å². The molecule has 4 nitrogen and oxygen atoms in total. The van der Waals surface area contributed by atoms with E-state index in [-0.39, 0.29) is 0 Å². The molecule has 0 bridgehead atoms. The molecule has 0 aliphatic heterocycles. The normalized spacial score (nSPS) is 10.2. The minimum absolute atomic E-state index is 0.435. The summed E-state index contributed by atoms with van der Waals surface area (Å²) in [7, 11) is 1.54. The van der Waals surface area contributed by atoms with Crippen LogP contribution in [0.2, 0.25) is 0 Å². The van der Waals surface area contributed by atoms with Crippen molar-refractivity contribution in [2.45, 2.75) is 13.8 Å². The summed E-state index contributed by atoms with van der Waals surface area (Å²) in [4.78, 5) is 10.5. The second-order valence-electron chi connectivity index (χ2n) is 3.60. The Morgan fingerprint density at radius 1 is 1.53 bits per heavy atom. The van der Waals surface area contributed by atoms with Crippen LogP contribution in [0.1, 0.15) is 22.3 Å². The lowest BCUT2D eigenvalue weighted by atomic mass is 9.98. The van der Waals surface area contributed by atoms with Crippen LogP contribution in [0.25, 0.3) is 6.08 Å². The number of aliphatic carboxylic acids is 1. The third-order valence-electron chi connectivity index (χ3n) is 2.46. The minimum atomic E-state index is -1.04. The first-order chi connectivity index (χ1) is 8.01. The molecule has 0 saturated heterocycles. The van der Waals surface area contributed by atoms with Crippen molar-refractivity contribution in [3.63, 3.8) is 0 Å². The van der Waals surface area contributed by atoms with Gasteiger partial charge in [0.05, 0.1) is 12.7 Å². The van der Waals surface area contributed by atoms with Gasteiger partial charge < -0.3 is 9.84 Å². The largest absolute Gasteiger partial charge is 0.496 e. The van der Waals surface area contributed by atoms with Gasteiger partial charge in [0.25, 0.3) is 0 Å². The highest BCUT2D eigenvalue weighted by Gasteiger charge is 2.11. The van der Waals surface area contributed by atoms with Crippen molar-refractivity contribution in [1.29, 1.82) is 5.26 Å². The van der Waals surface area contributed by atoms with E-state index in [1.54, 1.807) is 20.1 Å². The first-order valence-corrected chi connectivity index (χ1v) is 5.00. The van der Waals surface area contributed by atoms with Crippen molar-refractivity contribution < 1.29 is 14.6 Å². The van der Waals surface area contributed by atoms with E-state index >= 15 is 0 Å². The van der Waals surface area contributed by atoms with Crippen molar-refractivity contribution >= 4 is 12.0 Å². The van der Waals surface area contributed by atoms with E-state index in [9.17, 15) is 4.79 Å². The van der Waals surface area contributed by atoms with E-state index in [1.165, 1.54) is 6.08 Å². The van der Waals surface area contributed by atoms with E-state index in [0.29, 0.717) is 16.9 Å². The van der Waals surface area contributed by atoms with E-state index < -0.39 is 5.97 Å². The number of nitriles is 1. The van der Waals surface area contributed by atoms with Crippen LogP contribution in [0.15, 0.2) is 12.1 Å². The molecule has 0 aromatic heterocycles. The van der Waals surface area contributed by atoms with E-state index in [1.807, 2.05) is 6.92 Å². The Labute approximate surface area is 99.8 Å². The molecule has 4 heteroatoms. The molecule has 0 atom stereocenters. The number of carbonyl (C=O) groups is 1. The highest BCUT2D eigenvalue weighted by Crippen LogP contribution is 2.29. The average Bonchev–Trinajstić information content (AvgIpc) is 2.26. The standard InChI is InChI=1S/C13H13NO3/c1-8-6-10(4-5-12(15)16)11(7-14)9(2)13(8)17-3/h4-6H,1-3H3,(H,15,16). The number of ether oxygens (including phenoxy) is 1. The molecule has 0 aliphatic carbocycles. The summed E-state index contributed by atoms with van der Waals surface area (Å²) < 4.78 is 5.21. The van der Waals surface area contributed by atoms with Gasteiger partial charge in [0, 0.05) is 11.6 Å². The monoisotopic (exact) mass is 231 g/mol. The number of methoxy groups -OCH3 is 1. The van der Waals surface area contributed by atoms with Crippen molar-refractivity contribution in [1.82, 2.24) is 0 Å². The molecule has 1 aromatic rings. The fourth-order valence-corrected chi connectivity index (χ4v) is 1.75. The smallest absolute Gasteiger partial charge is 0.328 e. The zero-order valence-electron chi connectivity index (χ0n) is 9.94. The number of hydrogen-bond acceptors (Lipinski definition) is 3. The summed E-state index contributed by atoms with van der Waals surface area (Å²) in [5.41, 5.74) is 2.62. The Kier molecular flexibility index (Phi) is 3.89. The molecule has 0 unspecified atom stereocenters. The van der Waals surface area contributed by atoms with Crippen molar-refractivity contribution in [2.24, 2.45) is 0 Å². The molecule has 1 N–H and O–H groups in total. The zero-order chi connectivity index (χ0) is 13.0. The molecule has 0 spiro atoms. The maximum Gasteiger partial charge on any atom is 0.328 e. The van der Waals surface area contributed by atoms with Crippen LogP contribution in [0, 0.1) is 25.2 Å². The van der Waals surface area contributed by atoms with E-state index in [2.05, 4.69) is 6.07 Å². The molecular formula is C13H13NO3. The Balaban J connectivity index is 3.43. The lowest BCUT2D eigenvalue weighted by Gasteiger charge is -2.12. The average molecular weight is 231 g/mol. The molecule has 0 saturated carbocycles. The molecule has 1 aromatic carbocycles. The van der Waals surface area contributed by atoms with Gasteiger partial charge in [-0.25, -0.2) is 4.79 Å². The number of aryl methyl sites for hydroxylation is 1. The Bertz CT molecular complexity index is 524. The molecular weight excluding hydrogens is 218 g/mol. The highest BCUT2D eigenvalue weighted by molar-refractivity contribution is 5.86. The van der Waals surface area contributed by atoms with E-state index in [4.69, 9.17) is 15.1 Å². The Morgan fingerprint density at radius 2 is 2.18 bits per heavy atom. The van der Waals surface area contributed by atoms with Crippen LogP contribution in [-0.4, -0.2) is 18.2 Å². The second-order valence-corrected chi connectivity index (χ2v) is 3.60. The third kappa shape index (κ3) is 2.64. The van der Waals surface area contributed by atoms with E-state index in [0.717, 1.165) is 17.2 Å². The van der Waals surface area contributed by atoms with Gasteiger partial charge in [0.2, 0.25) is 0 Å². The topological polar surface area (TPSA) is 70.3 Å². The molecule has 0 radical (unpaired) electrons. The molecule has 0 amide bonds. The maximum atomic E-state index is 10.5. The van der Waals surface area contributed by atoms with Gasteiger partial charge in [-0.2, -0.15) is 5.26 Å². The summed E-state index contributed by atoms with van der Waals surface area (Å²) in [5, 5.41) is 17.7. The maximum absolute atomic E-state index is 10.5. The molecule has 0 fully saturated rings. The van der Waals surface area contributed by atoms with Crippen LogP contribution < -0.4 is 4.74 Å². The molecule has 0 heterocycles. The first kappa shape index (κ1) is 12.8. The van der Waals surface area contributed by atoms with Gasteiger partial charge in [0.15, 0.2) is 0 Å². The Morgan fingerprint density at radius 3 is 2.65 bits per heavy atom. The lowest BCUT2D eigenvalue weighted by Crippen LogP contribution is -1.97. The van der Waals surface area contributed by atoms with Gasteiger partial charge in [-0.3, -0.25) is 0 Å². The fourth-order valence-electron chi connectivity index (χ4n) is 1.75. The first-order valence-electron chi connectivity index (χ1n) is 5.00. The summed E-state index contributed by atoms with van der Waals surface area (Å²) in [6.45, 7) is 3.63. The highest BCUT2D eigenvalue weighted by atomic mass is 16.5. The van der Waals surface area contributed by atoms with Gasteiger partial charge in [-0.15, -0.1) is 0 Å². The number of carboxylic acids is 1. The van der Waals surface area contributed by atoms with Gasteiger partial charge in [-0.05, 0) is 37.1 Å². The van der Waals surface area contributed by atoms with Crippen molar-refractivity contribution in [3.05, 3.63) is 34.4 Å². The molecule has 17 heavy (non-hydrogen) atoms. The minimum Gasteiger partial charge on any atom is -0.496 e. The Hall–Kier alpha value is -2.28. The predicted octanol–water partition coefficient (Wildman–Crippen LogP) is 2.28. The number of carboxylic acid groups (broad SMARTS) is 1. The second kappa shape index (κ2) is 5.17. The molecule has 88 valence electrons. The summed E-state index contributed by atoms with van der Waals surface area (Å²) >= 11 is 0. The molecule has 0 aliphatic rings. The van der Waals surface area contributed by atoms with Gasteiger partial charge >= 0.3 is 5.97 Å². The summed E-state index contributed by atoms with van der Waals surface area (Å²) in [6.07, 6.45) is 2.43. The third-order valence-corrected chi connectivity index (χ3v) is 2.46. The lowest BCUT2D eigenvalue weighted by molar-refractivity contribution is -0.131. The van der Waals surface area contributed by atoms with Crippen molar-refractivity contribution in [3.8, 4) is 11.8 Å². The number of rotatable bonds is 3. The number of nitrogens with zero attached hydrogens (tertiary/aromatic N) is 1. The van der Waals surface area contributed by atoms with Crippen LogP contribution >= 0.6 is 0 Å². The quantitative estimate of drug-likeness (QED) is 0.810.